The highest BCUT2D eigenvalue weighted by atomic mass is 19.4. The lowest BCUT2D eigenvalue weighted by atomic mass is 9.96. The highest BCUT2D eigenvalue weighted by Crippen LogP contribution is 2.30. The summed E-state index contributed by atoms with van der Waals surface area (Å²) < 4.78 is 74.0. The van der Waals surface area contributed by atoms with Crippen LogP contribution in [0, 0.1) is 11.6 Å². The second-order valence-electron chi connectivity index (χ2n) is 7.05. The van der Waals surface area contributed by atoms with Gasteiger partial charge in [-0.2, -0.15) is 0 Å². The number of nitrogens with zero attached hydrogens (tertiary/aromatic N) is 3. The summed E-state index contributed by atoms with van der Waals surface area (Å²) in [5.74, 6) is -3.47. The second-order valence-corrected chi connectivity index (χ2v) is 7.05. The van der Waals surface area contributed by atoms with Gasteiger partial charge in [0.2, 0.25) is 0 Å². The number of alkyl halides is 3. The van der Waals surface area contributed by atoms with Gasteiger partial charge in [-0.05, 0) is 24.5 Å². The number of carbonyl (C=O) groups excluding carboxylic acids is 1. The van der Waals surface area contributed by atoms with Crippen molar-refractivity contribution in [2.75, 3.05) is 11.5 Å². The van der Waals surface area contributed by atoms with E-state index in [1.807, 2.05) is 0 Å². The summed E-state index contributed by atoms with van der Waals surface area (Å²) in [7, 11) is 0. The van der Waals surface area contributed by atoms with Crippen molar-refractivity contribution >= 4 is 11.9 Å². The molecule has 12 heteroatoms. The van der Waals surface area contributed by atoms with E-state index in [1.165, 1.54) is 6.92 Å². The lowest BCUT2D eigenvalue weighted by Crippen LogP contribution is -2.42. The van der Waals surface area contributed by atoms with E-state index in [2.05, 4.69) is 14.7 Å². The number of aromatic nitrogens is 2. The molecule has 1 aromatic heterocycles. The average Bonchev–Trinajstić information content (AvgIpc) is 3.03. The number of anilines is 1. The highest BCUT2D eigenvalue weighted by Gasteiger charge is 2.40. The number of aliphatic hydroxyl groups excluding tert-OH is 1. The summed E-state index contributed by atoms with van der Waals surface area (Å²) in [5.41, 5.74) is 0.0754. The van der Waals surface area contributed by atoms with E-state index in [4.69, 9.17) is 4.74 Å². The number of carbonyl (C=O) groups is 1. The number of amides is 1. The van der Waals surface area contributed by atoms with Gasteiger partial charge in [0, 0.05) is 12.5 Å². The zero-order valence-corrected chi connectivity index (χ0v) is 16.4. The largest absolute Gasteiger partial charge is 0.573 e. The summed E-state index contributed by atoms with van der Waals surface area (Å²) in [6.07, 6.45) is -6.01. The van der Waals surface area contributed by atoms with Gasteiger partial charge in [-0.15, -0.1) is 13.2 Å². The number of halogens is 5. The fraction of sp³-hybridized carbons (Fsp3) is 0.421. The standard InChI is InChI=1S/C19H18F5N3O4/c1-9(12-4-3-11(6-13(12)20)31-19(22,23)24)5-16-25-7-14(21)17(26-16)27-15(10(2)28)8-30-18(27)29/h3-4,6-7,9-10,15,28H,5,8H2,1-2H3/t9-,10-,15-/m1/s1. The Morgan fingerprint density at radius 1 is 1.29 bits per heavy atom. The molecule has 1 aromatic carbocycles. The van der Waals surface area contributed by atoms with E-state index in [0.29, 0.717) is 6.07 Å². The maximum absolute atomic E-state index is 14.3. The van der Waals surface area contributed by atoms with Gasteiger partial charge in [-0.1, -0.05) is 13.0 Å². The van der Waals surface area contributed by atoms with Crippen molar-refractivity contribution in [2.24, 2.45) is 0 Å². The zero-order valence-electron chi connectivity index (χ0n) is 16.4. The van der Waals surface area contributed by atoms with Crippen LogP contribution in [-0.2, 0) is 11.2 Å². The number of aliphatic hydroxyl groups is 1. The molecule has 1 amide bonds. The minimum Gasteiger partial charge on any atom is -0.447 e. The second kappa shape index (κ2) is 8.61. The van der Waals surface area contributed by atoms with Gasteiger partial charge in [0.1, 0.15) is 30.0 Å². The number of cyclic esters (lactones) is 1. The van der Waals surface area contributed by atoms with Crippen LogP contribution in [0.5, 0.6) is 5.75 Å². The van der Waals surface area contributed by atoms with Crippen LogP contribution in [0.25, 0.3) is 0 Å². The maximum Gasteiger partial charge on any atom is 0.573 e. The average molecular weight is 447 g/mol. The number of rotatable bonds is 6. The number of hydrogen-bond donors (Lipinski definition) is 1. The topological polar surface area (TPSA) is 84.8 Å². The van der Waals surface area contributed by atoms with Gasteiger partial charge in [0.05, 0.1) is 12.3 Å². The summed E-state index contributed by atoms with van der Waals surface area (Å²) in [6.45, 7) is 2.84. The molecule has 0 bridgehead atoms. The van der Waals surface area contributed by atoms with Crippen LogP contribution < -0.4 is 9.64 Å². The first-order valence-corrected chi connectivity index (χ1v) is 9.17. The predicted octanol–water partition coefficient (Wildman–Crippen LogP) is 3.71. The first-order valence-electron chi connectivity index (χ1n) is 9.17. The van der Waals surface area contributed by atoms with Crippen LogP contribution in [-0.4, -0.2) is 46.3 Å². The van der Waals surface area contributed by atoms with Gasteiger partial charge in [-0.25, -0.2) is 28.4 Å². The molecule has 1 aliphatic rings. The van der Waals surface area contributed by atoms with Crippen molar-refractivity contribution < 1.29 is 41.3 Å². The molecule has 0 spiro atoms. The third kappa shape index (κ3) is 5.19. The number of hydrogen-bond acceptors (Lipinski definition) is 6. The molecule has 1 saturated heterocycles. The molecule has 168 valence electrons. The monoisotopic (exact) mass is 447 g/mol. The minimum atomic E-state index is -4.95. The Labute approximate surface area is 173 Å². The van der Waals surface area contributed by atoms with Gasteiger partial charge >= 0.3 is 12.5 Å². The molecule has 3 rings (SSSR count). The molecular weight excluding hydrogens is 429 g/mol. The van der Waals surface area contributed by atoms with Crippen LogP contribution in [0.1, 0.15) is 31.2 Å². The van der Waals surface area contributed by atoms with Crippen molar-refractivity contribution in [1.82, 2.24) is 9.97 Å². The fourth-order valence-electron chi connectivity index (χ4n) is 3.18. The third-order valence-electron chi connectivity index (χ3n) is 4.69. The van der Waals surface area contributed by atoms with Crippen LogP contribution in [0.2, 0.25) is 0 Å². The van der Waals surface area contributed by atoms with Crippen molar-refractivity contribution in [3.8, 4) is 5.75 Å². The van der Waals surface area contributed by atoms with Crippen molar-refractivity contribution in [1.29, 1.82) is 0 Å². The molecule has 31 heavy (non-hydrogen) atoms. The molecule has 2 heterocycles. The molecule has 1 fully saturated rings. The van der Waals surface area contributed by atoms with Crippen LogP contribution in [0.3, 0.4) is 0 Å². The van der Waals surface area contributed by atoms with Crippen molar-refractivity contribution in [3.63, 3.8) is 0 Å². The fourth-order valence-corrected chi connectivity index (χ4v) is 3.18. The Morgan fingerprint density at radius 3 is 2.61 bits per heavy atom. The van der Waals surface area contributed by atoms with E-state index in [0.717, 1.165) is 23.2 Å². The van der Waals surface area contributed by atoms with Gasteiger partial charge < -0.3 is 14.6 Å². The van der Waals surface area contributed by atoms with E-state index >= 15 is 0 Å². The molecular formula is C19H18F5N3O4. The first-order chi connectivity index (χ1) is 14.5. The Bertz CT molecular complexity index is 970. The minimum absolute atomic E-state index is 0.00803. The summed E-state index contributed by atoms with van der Waals surface area (Å²) in [6, 6.07) is 1.89. The highest BCUT2D eigenvalue weighted by molar-refractivity contribution is 5.89. The zero-order chi connectivity index (χ0) is 22.9. The molecule has 7 nitrogen and oxygen atoms in total. The molecule has 0 radical (unpaired) electrons. The van der Waals surface area contributed by atoms with Gasteiger partial charge in [0.25, 0.3) is 0 Å². The van der Waals surface area contributed by atoms with E-state index in [1.54, 1.807) is 6.92 Å². The SMILES string of the molecule is C[C@H](Cc1ncc(F)c(N2C(=O)OC[C@@H]2[C@@H](C)O)n1)c1ccc(OC(F)(F)F)cc1F. The molecule has 1 N–H and O–H groups in total. The Morgan fingerprint density at radius 2 is 2.00 bits per heavy atom. The van der Waals surface area contributed by atoms with Gasteiger partial charge in [0.15, 0.2) is 11.6 Å². The Kier molecular flexibility index (Phi) is 6.30. The number of ether oxygens (including phenoxy) is 2. The summed E-state index contributed by atoms with van der Waals surface area (Å²) >= 11 is 0. The maximum atomic E-state index is 14.3. The first kappa shape index (κ1) is 22.7. The van der Waals surface area contributed by atoms with Crippen LogP contribution in [0.4, 0.5) is 32.6 Å². The van der Waals surface area contributed by atoms with Crippen LogP contribution >= 0.6 is 0 Å². The lowest BCUT2D eigenvalue weighted by Gasteiger charge is -2.23. The van der Waals surface area contributed by atoms with Crippen molar-refractivity contribution in [3.05, 3.63) is 47.4 Å². The molecule has 0 aliphatic carbocycles. The molecule has 0 saturated carbocycles. The quantitative estimate of drug-likeness (QED) is 0.680. The molecule has 0 unspecified atom stereocenters. The smallest absolute Gasteiger partial charge is 0.447 e. The third-order valence-corrected chi connectivity index (χ3v) is 4.69. The van der Waals surface area contributed by atoms with Crippen LogP contribution in [0.15, 0.2) is 24.4 Å². The lowest BCUT2D eigenvalue weighted by molar-refractivity contribution is -0.274. The Balaban J connectivity index is 1.82. The summed E-state index contributed by atoms with van der Waals surface area (Å²) in [5, 5.41) is 9.82. The van der Waals surface area contributed by atoms with E-state index < -0.39 is 47.9 Å². The predicted molar refractivity (Wildman–Crippen MR) is 96.5 cm³/mol. The number of benzene rings is 1. The normalized spacial score (nSPS) is 18.6. The van der Waals surface area contributed by atoms with E-state index in [-0.39, 0.29) is 30.2 Å². The molecule has 2 aromatic rings. The molecule has 3 atom stereocenters. The van der Waals surface area contributed by atoms with E-state index in [9.17, 15) is 31.9 Å². The molecule has 1 aliphatic heterocycles. The Hall–Kier alpha value is -3.02. The van der Waals surface area contributed by atoms with Gasteiger partial charge in [-0.3, -0.25) is 0 Å². The van der Waals surface area contributed by atoms with Crippen molar-refractivity contribution in [2.45, 2.75) is 44.7 Å². The summed E-state index contributed by atoms with van der Waals surface area (Å²) in [4.78, 5) is 20.8.